The summed E-state index contributed by atoms with van der Waals surface area (Å²) in [5.41, 5.74) is 0.661. The van der Waals surface area contributed by atoms with Crippen LogP contribution in [0.5, 0.6) is 0 Å². The van der Waals surface area contributed by atoms with E-state index in [1.165, 1.54) is 0 Å². The molecule has 0 unspecified atom stereocenters. The number of nitrogens with zero attached hydrogens (tertiary/aromatic N) is 3. The Morgan fingerprint density at radius 2 is 1.82 bits per heavy atom. The molecule has 1 heterocycles. The van der Waals surface area contributed by atoms with Gasteiger partial charge in [-0.05, 0) is 24.0 Å². The maximum Gasteiger partial charge on any atom is 0.146 e. The van der Waals surface area contributed by atoms with Crippen LogP contribution in [0.25, 0.3) is 0 Å². The van der Waals surface area contributed by atoms with Crippen molar-refractivity contribution in [2.45, 2.75) is 27.7 Å². The number of pyridine rings is 1. The van der Waals surface area contributed by atoms with Crippen LogP contribution in [-0.2, 0) is 0 Å². The van der Waals surface area contributed by atoms with E-state index in [-0.39, 0.29) is 0 Å². The van der Waals surface area contributed by atoms with Crippen LogP contribution in [0.15, 0.2) is 18.3 Å². The van der Waals surface area contributed by atoms with Gasteiger partial charge in [-0.2, -0.15) is 5.26 Å². The van der Waals surface area contributed by atoms with E-state index in [1.807, 2.05) is 12.1 Å². The average molecular weight is 231 g/mol. The van der Waals surface area contributed by atoms with Gasteiger partial charge in [-0.25, -0.2) is 4.98 Å². The minimum absolute atomic E-state index is 0.558. The Morgan fingerprint density at radius 1 is 1.24 bits per heavy atom. The van der Waals surface area contributed by atoms with E-state index in [2.05, 4.69) is 43.6 Å². The van der Waals surface area contributed by atoms with Gasteiger partial charge in [0.2, 0.25) is 0 Å². The Balaban J connectivity index is 2.99. The van der Waals surface area contributed by atoms with Crippen LogP contribution in [0.2, 0.25) is 0 Å². The van der Waals surface area contributed by atoms with E-state index < -0.39 is 0 Å². The first-order chi connectivity index (χ1) is 8.04. The SMILES string of the molecule is CC(C)CN(CC(C)C)c1ncccc1C#N. The summed E-state index contributed by atoms with van der Waals surface area (Å²) < 4.78 is 0. The first-order valence-electron chi connectivity index (χ1n) is 6.14. The molecular weight excluding hydrogens is 210 g/mol. The van der Waals surface area contributed by atoms with Gasteiger partial charge in [-0.15, -0.1) is 0 Å². The number of aromatic nitrogens is 1. The summed E-state index contributed by atoms with van der Waals surface area (Å²) in [6.45, 7) is 10.6. The first kappa shape index (κ1) is 13.5. The molecule has 0 bridgehead atoms. The third-order valence-corrected chi connectivity index (χ3v) is 2.38. The van der Waals surface area contributed by atoms with Crippen molar-refractivity contribution in [3.8, 4) is 6.07 Å². The largest absolute Gasteiger partial charge is 0.355 e. The summed E-state index contributed by atoms with van der Waals surface area (Å²) >= 11 is 0. The predicted molar refractivity (Wildman–Crippen MR) is 70.8 cm³/mol. The zero-order chi connectivity index (χ0) is 12.8. The molecule has 1 rings (SSSR count). The maximum absolute atomic E-state index is 9.12. The van der Waals surface area contributed by atoms with Crippen molar-refractivity contribution in [1.82, 2.24) is 4.98 Å². The molecule has 0 aliphatic heterocycles. The second-order valence-corrected chi connectivity index (χ2v) is 5.18. The number of nitriles is 1. The molecule has 1 aromatic heterocycles. The number of hydrogen-bond acceptors (Lipinski definition) is 3. The molecule has 0 saturated heterocycles. The third kappa shape index (κ3) is 4.07. The second-order valence-electron chi connectivity index (χ2n) is 5.18. The number of hydrogen-bond donors (Lipinski definition) is 0. The van der Waals surface area contributed by atoms with E-state index in [9.17, 15) is 0 Å². The predicted octanol–water partition coefficient (Wildman–Crippen LogP) is 3.07. The van der Waals surface area contributed by atoms with Crippen LogP contribution in [0.3, 0.4) is 0 Å². The smallest absolute Gasteiger partial charge is 0.146 e. The molecule has 0 aromatic carbocycles. The van der Waals surface area contributed by atoms with Crippen LogP contribution in [0.4, 0.5) is 5.82 Å². The fraction of sp³-hybridized carbons (Fsp3) is 0.571. The highest BCUT2D eigenvalue weighted by Crippen LogP contribution is 2.18. The lowest BCUT2D eigenvalue weighted by atomic mass is 10.1. The van der Waals surface area contributed by atoms with Crippen LogP contribution in [0, 0.1) is 23.2 Å². The lowest BCUT2D eigenvalue weighted by Gasteiger charge is -2.27. The van der Waals surface area contributed by atoms with Gasteiger partial charge in [0.05, 0.1) is 5.56 Å². The molecule has 1 aromatic rings. The molecule has 3 heteroatoms. The summed E-state index contributed by atoms with van der Waals surface area (Å²) in [5, 5.41) is 9.12. The molecule has 92 valence electrons. The van der Waals surface area contributed by atoms with E-state index >= 15 is 0 Å². The van der Waals surface area contributed by atoms with E-state index in [0.29, 0.717) is 17.4 Å². The summed E-state index contributed by atoms with van der Waals surface area (Å²) in [4.78, 5) is 6.58. The van der Waals surface area contributed by atoms with Crippen molar-refractivity contribution in [1.29, 1.82) is 5.26 Å². The van der Waals surface area contributed by atoms with Crippen molar-refractivity contribution in [3.05, 3.63) is 23.9 Å². The van der Waals surface area contributed by atoms with Crippen molar-refractivity contribution in [2.75, 3.05) is 18.0 Å². The summed E-state index contributed by atoms with van der Waals surface area (Å²) in [7, 11) is 0. The maximum atomic E-state index is 9.12. The highest BCUT2D eigenvalue weighted by atomic mass is 15.2. The van der Waals surface area contributed by atoms with Crippen LogP contribution in [0.1, 0.15) is 33.3 Å². The van der Waals surface area contributed by atoms with E-state index in [1.54, 1.807) is 6.20 Å². The van der Waals surface area contributed by atoms with Crippen molar-refractivity contribution >= 4 is 5.82 Å². The van der Waals surface area contributed by atoms with Crippen LogP contribution >= 0.6 is 0 Å². The highest BCUT2D eigenvalue weighted by molar-refractivity contribution is 5.53. The summed E-state index contributed by atoms with van der Waals surface area (Å²) in [6, 6.07) is 5.86. The Bertz CT molecular complexity index is 381. The monoisotopic (exact) mass is 231 g/mol. The fourth-order valence-electron chi connectivity index (χ4n) is 1.87. The Labute approximate surface area is 104 Å². The lowest BCUT2D eigenvalue weighted by Crippen LogP contribution is -2.32. The van der Waals surface area contributed by atoms with Crippen molar-refractivity contribution in [2.24, 2.45) is 11.8 Å². The van der Waals surface area contributed by atoms with Crippen LogP contribution < -0.4 is 4.90 Å². The van der Waals surface area contributed by atoms with Gasteiger partial charge >= 0.3 is 0 Å². The molecule has 0 aliphatic rings. The molecular formula is C14H21N3. The average Bonchev–Trinajstić information content (AvgIpc) is 2.27. The quantitative estimate of drug-likeness (QED) is 0.782. The van der Waals surface area contributed by atoms with E-state index in [4.69, 9.17) is 5.26 Å². The minimum atomic E-state index is 0.558. The van der Waals surface area contributed by atoms with Crippen molar-refractivity contribution in [3.63, 3.8) is 0 Å². The third-order valence-electron chi connectivity index (χ3n) is 2.38. The van der Waals surface area contributed by atoms with Gasteiger partial charge in [0.15, 0.2) is 0 Å². The molecule has 0 fully saturated rings. The molecule has 0 N–H and O–H groups in total. The Kier molecular flexibility index (Phi) is 4.96. The van der Waals surface area contributed by atoms with Gasteiger partial charge in [-0.1, -0.05) is 27.7 Å². The fourth-order valence-corrected chi connectivity index (χ4v) is 1.87. The van der Waals surface area contributed by atoms with Crippen LogP contribution in [-0.4, -0.2) is 18.1 Å². The van der Waals surface area contributed by atoms with E-state index in [0.717, 1.165) is 18.9 Å². The molecule has 0 amide bonds. The molecule has 0 atom stereocenters. The lowest BCUT2D eigenvalue weighted by molar-refractivity contribution is 0.548. The summed E-state index contributed by atoms with van der Waals surface area (Å²) in [6.07, 6.45) is 1.75. The topological polar surface area (TPSA) is 39.9 Å². The normalized spacial score (nSPS) is 10.6. The molecule has 0 spiro atoms. The van der Waals surface area contributed by atoms with Gasteiger partial charge < -0.3 is 4.90 Å². The molecule has 0 saturated carbocycles. The minimum Gasteiger partial charge on any atom is -0.355 e. The zero-order valence-electron chi connectivity index (χ0n) is 11.1. The number of anilines is 1. The van der Waals surface area contributed by atoms with Crippen molar-refractivity contribution < 1.29 is 0 Å². The Morgan fingerprint density at radius 3 is 2.29 bits per heavy atom. The van der Waals surface area contributed by atoms with Gasteiger partial charge in [0.1, 0.15) is 11.9 Å². The van der Waals surface area contributed by atoms with Gasteiger partial charge in [0, 0.05) is 19.3 Å². The highest BCUT2D eigenvalue weighted by Gasteiger charge is 2.14. The molecule has 0 radical (unpaired) electrons. The molecule has 3 nitrogen and oxygen atoms in total. The molecule has 0 aliphatic carbocycles. The van der Waals surface area contributed by atoms with Gasteiger partial charge in [-0.3, -0.25) is 0 Å². The first-order valence-corrected chi connectivity index (χ1v) is 6.14. The summed E-state index contributed by atoms with van der Waals surface area (Å²) in [5.74, 6) is 1.93. The number of rotatable bonds is 5. The van der Waals surface area contributed by atoms with Gasteiger partial charge in [0.25, 0.3) is 0 Å². The molecule has 17 heavy (non-hydrogen) atoms. The Hall–Kier alpha value is -1.56. The second kappa shape index (κ2) is 6.24. The zero-order valence-corrected chi connectivity index (χ0v) is 11.1. The standard InChI is InChI=1S/C14H21N3/c1-11(2)9-17(10-12(3)4)14-13(8-15)6-5-7-16-14/h5-7,11-12H,9-10H2,1-4H3.